The molecule has 1 aliphatic heterocycles. The Balaban J connectivity index is 1.79. The Labute approximate surface area is 88.1 Å². The van der Waals surface area contributed by atoms with Gasteiger partial charge in [-0.05, 0) is 44.7 Å². The number of piperidine rings is 1. The van der Waals surface area contributed by atoms with Gasteiger partial charge in [0, 0.05) is 18.6 Å². The summed E-state index contributed by atoms with van der Waals surface area (Å²) in [7, 11) is 2.24. The molecule has 0 aromatic carbocycles. The third kappa shape index (κ3) is 2.12. The van der Waals surface area contributed by atoms with E-state index in [-0.39, 0.29) is 0 Å². The molecule has 82 valence electrons. The van der Waals surface area contributed by atoms with E-state index in [0.29, 0.717) is 5.41 Å². The van der Waals surface area contributed by atoms with Gasteiger partial charge in [0.15, 0.2) is 0 Å². The van der Waals surface area contributed by atoms with E-state index < -0.39 is 0 Å². The number of rotatable bonds is 2. The Hall–Kier alpha value is -0.0800. The number of nitrogens with zero attached hydrogens (tertiary/aromatic N) is 1. The lowest BCUT2D eigenvalue weighted by atomic mass is 9.67. The molecular formula is C12H24N2. The van der Waals surface area contributed by atoms with Crippen LogP contribution >= 0.6 is 0 Å². The number of likely N-dealkylation sites (tertiary alicyclic amines) is 1. The van der Waals surface area contributed by atoms with Crippen LogP contribution in [0.15, 0.2) is 0 Å². The van der Waals surface area contributed by atoms with Crippen molar-refractivity contribution in [3.05, 3.63) is 0 Å². The van der Waals surface area contributed by atoms with Crippen molar-refractivity contribution < 1.29 is 0 Å². The highest BCUT2D eigenvalue weighted by molar-refractivity contribution is 4.96. The maximum Gasteiger partial charge on any atom is 0.0198 e. The first-order valence-corrected chi connectivity index (χ1v) is 6.02. The van der Waals surface area contributed by atoms with Crippen LogP contribution in [0.1, 0.15) is 39.5 Å². The number of hydrogen-bond acceptors (Lipinski definition) is 2. The zero-order valence-electron chi connectivity index (χ0n) is 9.84. The van der Waals surface area contributed by atoms with Gasteiger partial charge in [0.2, 0.25) is 0 Å². The highest BCUT2D eigenvalue weighted by atomic mass is 15.1. The predicted octanol–water partition coefficient (Wildman–Crippen LogP) is 1.86. The third-order valence-corrected chi connectivity index (χ3v) is 4.08. The smallest absolute Gasteiger partial charge is 0.0198 e. The van der Waals surface area contributed by atoms with Gasteiger partial charge in [-0.1, -0.05) is 13.8 Å². The summed E-state index contributed by atoms with van der Waals surface area (Å²) in [6.07, 6.45) is 5.51. The van der Waals surface area contributed by atoms with Crippen molar-refractivity contribution in [2.45, 2.75) is 51.6 Å². The van der Waals surface area contributed by atoms with E-state index in [1.54, 1.807) is 0 Å². The van der Waals surface area contributed by atoms with Crippen LogP contribution in [-0.4, -0.2) is 37.1 Å². The highest BCUT2D eigenvalue weighted by Crippen LogP contribution is 2.40. The van der Waals surface area contributed by atoms with Gasteiger partial charge in [-0.15, -0.1) is 0 Å². The summed E-state index contributed by atoms with van der Waals surface area (Å²) in [5.74, 6) is 0. The lowest BCUT2D eigenvalue weighted by Gasteiger charge is -2.47. The van der Waals surface area contributed by atoms with E-state index in [4.69, 9.17) is 0 Å². The van der Waals surface area contributed by atoms with Crippen molar-refractivity contribution >= 4 is 0 Å². The maximum atomic E-state index is 3.83. The molecule has 2 unspecified atom stereocenters. The molecule has 2 aliphatic rings. The SMILES string of the molecule is CN1CCCC(NC2CCC2(C)C)C1. The molecular weight excluding hydrogens is 172 g/mol. The first-order chi connectivity index (χ1) is 6.58. The van der Waals surface area contributed by atoms with E-state index in [0.717, 1.165) is 12.1 Å². The van der Waals surface area contributed by atoms with Crippen LogP contribution in [-0.2, 0) is 0 Å². The first-order valence-electron chi connectivity index (χ1n) is 6.02. The zero-order chi connectivity index (χ0) is 10.2. The molecule has 0 radical (unpaired) electrons. The van der Waals surface area contributed by atoms with Gasteiger partial charge >= 0.3 is 0 Å². The lowest BCUT2D eigenvalue weighted by molar-refractivity contribution is 0.0828. The van der Waals surface area contributed by atoms with Gasteiger partial charge in [-0.2, -0.15) is 0 Å². The molecule has 2 heteroatoms. The van der Waals surface area contributed by atoms with E-state index in [9.17, 15) is 0 Å². The molecule has 0 amide bonds. The Morgan fingerprint density at radius 3 is 2.57 bits per heavy atom. The zero-order valence-corrected chi connectivity index (χ0v) is 9.84. The minimum atomic E-state index is 0.552. The van der Waals surface area contributed by atoms with Gasteiger partial charge in [0.1, 0.15) is 0 Å². The van der Waals surface area contributed by atoms with Crippen LogP contribution < -0.4 is 5.32 Å². The fourth-order valence-electron chi connectivity index (χ4n) is 2.76. The summed E-state index contributed by atoms with van der Waals surface area (Å²) >= 11 is 0. The van der Waals surface area contributed by atoms with E-state index >= 15 is 0 Å². The summed E-state index contributed by atoms with van der Waals surface area (Å²) in [5.41, 5.74) is 0.552. The summed E-state index contributed by atoms with van der Waals surface area (Å²) in [6.45, 7) is 7.31. The largest absolute Gasteiger partial charge is 0.309 e. The van der Waals surface area contributed by atoms with Crippen LogP contribution in [0.2, 0.25) is 0 Å². The molecule has 2 atom stereocenters. The molecule has 1 aliphatic carbocycles. The maximum absolute atomic E-state index is 3.83. The van der Waals surface area contributed by atoms with Crippen LogP contribution in [0.25, 0.3) is 0 Å². The molecule has 0 aromatic heterocycles. The van der Waals surface area contributed by atoms with Crippen molar-refractivity contribution in [2.24, 2.45) is 5.41 Å². The van der Waals surface area contributed by atoms with Crippen molar-refractivity contribution in [3.8, 4) is 0 Å². The Morgan fingerprint density at radius 2 is 2.07 bits per heavy atom. The van der Waals surface area contributed by atoms with Crippen LogP contribution in [0.3, 0.4) is 0 Å². The molecule has 2 nitrogen and oxygen atoms in total. The van der Waals surface area contributed by atoms with Crippen LogP contribution in [0.5, 0.6) is 0 Å². The molecule has 1 saturated carbocycles. The fourth-order valence-corrected chi connectivity index (χ4v) is 2.76. The topological polar surface area (TPSA) is 15.3 Å². The second-order valence-electron chi connectivity index (χ2n) is 5.85. The normalized spacial score (nSPS) is 37.9. The monoisotopic (exact) mass is 196 g/mol. The van der Waals surface area contributed by atoms with Crippen LogP contribution in [0.4, 0.5) is 0 Å². The van der Waals surface area contributed by atoms with Crippen molar-refractivity contribution in [1.82, 2.24) is 10.2 Å². The van der Waals surface area contributed by atoms with E-state index in [1.807, 2.05) is 0 Å². The highest BCUT2D eigenvalue weighted by Gasteiger charge is 2.39. The first kappa shape index (κ1) is 10.4. The number of nitrogens with one attached hydrogen (secondary N) is 1. The average molecular weight is 196 g/mol. The van der Waals surface area contributed by atoms with Crippen molar-refractivity contribution in [3.63, 3.8) is 0 Å². The molecule has 0 aromatic rings. The standard InChI is InChI=1S/C12H24N2/c1-12(2)7-6-11(12)13-10-5-4-8-14(3)9-10/h10-11,13H,4-9H2,1-3H3. The molecule has 2 fully saturated rings. The van der Waals surface area contributed by atoms with Gasteiger partial charge in [0.25, 0.3) is 0 Å². The quantitative estimate of drug-likeness (QED) is 0.725. The summed E-state index contributed by atoms with van der Waals surface area (Å²) in [6, 6.07) is 1.53. The molecule has 1 N–H and O–H groups in total. The van der Waals surface area contributed by atoms with Gasteiger partial charge in [-0.3, -0.25) is 0 Å². The second kappa shape index (κ2) is 3.82. The van der Waals surface area contributed by atoms with Gasteiger partial charge < -0.3 is 10.2 Å². The summed E-state index contributed by atoms with van der Waals surface area (Å²) in [5, 5.41) is 3.83. The van der Waals surface area contributed by atoms with Gasteiger partial charge in [-0.25, -0.2) is 0 Å². The molecule has 0 bridgehead atoms. The number of hydrogen-bond donors (Lipinski definition) is 1. The minimum Gasteiger partial charge on any atom is -0.309 e. The Bertz CT molecular complexity index is 200. The average Bonchev–Trinajstić information content (AvgIpc) is 2.13. The lowest BCUT2D eigenvalue weighted by Crippen LogP contribution is -2.56. The van der Waals surface area contributed by atoms with E-state index in [2.05, 4.69) is 31.1 Å². The molecule has 14 heavy (non-hydrogen) atoms. The second-order valence-corrected chi connectivity index (χ2v) is 5.85. The van der Waals surface area contributed by atoms with Crippen LogP contribution in [0, 0.1) is 5.41 Å². The Kier molecular flexibility index (Phi) is 2.85. The predicted molar refractivity (Wildman–Crippen MR) is 60.5 cm³/mol. The van der Waals surface area contributed by atoms with Gasteiger partial charge in [0.05, 0.1) is 0 Å². The molecule has 2 rings (SSSR count). The number of likely N-dealkylation sites (N-methyl/N-ethyl adjacent to an activating group) is 1. The third-order valence-electron chi connectivity index (χ3n) is 4.08. The van der Waals surface area contributed by atoms with Crippen molar-refractivity contribution in [2.75, 3.05) is 20.1 Å². The minimum absolute atomic E-state index is 0.552. The fraction of sp³-hybridized carbons (Fsp3) is 1.00. The summed E-state index contributed by atoms with van der Waals surface area (Å²) < 4.78 is 0. The molecule has 0 spiro atoms. The molecule has 1 saturated heterocycles. The Morgan fingerprint density at radius 1 is 1.29 bits per heavy atom. The van der Waals surface area contributed by atoms with E-state index in [1.165, 1.54) is 38.8 Å². The summed E-state index contributed by atoms with van der Waals surface area (Å²) in [4.78, 5) is 2.45. The van der Waals surface area contributed by atoms with Crippen molar-refractivity contribution in [1.29, 1.82) is 0 Å². The molecule has 1 heterocycles.